The van der Waals surface area contributed by atoms with Crippen LogP contribution in [-0.2, 0) is 4.79 Å². The SMILES string of the molecule is C=CC1=C(C(=C)Cl)CCCC1CC(N)=O.NC(=O)c1cn[nH]c1-c1ccccc1F. The van der Waals surface area contributed by atoms with Crippen molar-refractivity contribution in [2.24, 2.45) is 17.4 Å². The highest BCUT2D eigenvalue weighted by Crippen LogP contribution is 2.36. The van der Waals surface area contributed by atoms with Gasteiger partial charge < -0.3 is 11.5 Å². The van der Waals surface area contributed by atoms with Crippen molar-refractivity contribution in [3.8, 4) is 11.3 Å². The first kappa shape index (κ1) is 23.1. The first-order chi connectivity index (χ1) is 14.3. The maximum atomic E-state index is 13.4. The number of carbonyl (C=O) groups is 2. The van der Waals surface area contributed by atoms with E-state index >= 15 is 0 Å². The summed E-state index contributed by atoms with van der Waals surface area (Å²) in [6.45, 7) is 7.50. The summed E-state index contributed by atoms with van der Waals surface area (Å²) in [6.07, 6.45) is 6.34. The van der Waals surface area contributed by atoms with Gasteiger partial charge >= 0.3 is 0 Å². The van der Waals surface area contributed by atoms with Crippen LogP contribution in [0.3, 0.4) is 0 Å². The second kappa shape index (κ2) is 10.5. The largest absolute Gasteiger partial charge is 0.370 e. The zero-order valence-corrected chi connectivity index (χ0v) is 17.2. The summed E-state index contributed by atoms with van der Waals surface area (Å²) in [6, 6.07) is 6.10. The first-order valence-electron chi connectivity index (χ1n) is 9.32. The molecule has 1 aliphatic rings. The fourth-order valence-corrected chi connectivity index (χ4v) is 3.65. The third-order valence-corrected chi connectivity index (χ3v) is 5.04. The van der Waals surface area contributed by atoms with Crippen molar-refractivity contribution >= 4 is 23.4 Å². The molecule has 1 heterocycles. The maximum absolute atomic E-state index is 13.4. The standard InChI is InChI=1S/C12H16ClNO.C10H8FN3O/c1-3-10-9(7-12(14)15)5-4-6-11(10)8(2)13;11-8-4-2-1-3-6(8)9-7(10(12)15)5-13-14-9/h3,9H,1-2,4-7H2,(H2,14,15);1-5H,(H2,12,15)(H,13,14). The Labute approximate surface area is 179 Å². The van der Waals surface area contributed by atoms with Crippen LogP contribution in [0.4, 0.5) is 4.39 Å². The Balaban J connectivity index is 0.000000214. The van der Waals surface area contributed by atoms with Gasteiger partial charge in [-0.1, -0.05) is 43.0 Å². The minimum absolute atomic E-state index is 0.166. The molecular formula is C22H24ClFN4O2. The molecule has 0 fully saturated rings. The number of aromatic nitrogens is 2. The molecule has 0 aliphatic heterocycles. The summed E-state index contributed by atoms with van der Waals surface area (Å²) in [5, 5.41) is 6.78. The van der Waals surface area contributed by atoms with Crippen molar-refractivity contribution in [3.63, 3.8) is 0 Å². The van der Waals surface area contributed by atoms with Crippen LogP contribution in [0.25, 0.3) is 11.3 Å². The molecule has 1 unspecified atom stereocenters. The molecule has 2 aromatic rings. The number of halogens is 2. The van der Waals surface area contributed by atoms with Crippen molar-refractivity contribution in [1.29, 1.82) is 0 Å². The van der Waals surface area contributed by atoms with Crippen LogP contribution in [0.2, 0.25) is 0 Å². The molecular weight excluding hydrogens is 407 g/mol. The summed E-state index contributed by atoms with van der Waals surface area (Å²) in [5.74, 6) is -1.17. The van der Waals surface area contributed by atoms with E-state index in [1.165, 1.54) is 12.3 Å². The lowest BCUT2D eigenvalue weighted by molar-refractivity contribution is -0.118. The number of aromatic amines is 1. The highest BCUT2D eigenvalue weighted by atomic mass is 35.5. The molecule has 0 spiro atoms. The number of amides is 2. The van der Waals surface area contributed by atoms with Gasteiger partial charge in [0.15, 0.2) is 0 Å². The van der Waals surface area contributed by atoms with Crippen LogP contribution in [0, 0.1) is 11.7 Å². The van der Waals surface area contributed by atoms with Crippen LogP contribution >= 0.6 is 11.6 Å². The molecule has 1 atom stereocenters. The minimum atomic E-state index is -0.637. The van der Waals surface area contributed by atoms with Gasteiger partial charge in [0.25, 0.3) is 5.91 Å². The second-order valence-corrected chi connectivity index (χ2v) is 7.26. The molecule has 0 saturated heterocycles. The average molecular weight is 431 g/mol. The fourth-order valence-electron chi connectivity index (χ4n) is 3.45. The first-order valence-corrected chi connectivity index (χ1v) is 9.70. The lowest BCUT2D eigenvalue weighted by Crippen LogP contribution is -2.20. The van der Waals surface area contributed by atoms with E-state index in [9.17, 15) is 14.0 Å². The van der Waals surface area contributed by atoms with Gasteiger partial charge in [-0.25, -0.2) is 4.39 Å². The Kier molecular flexibility index (Phi) is 8.12. The average Bonchev–Trinajstić information content (AvgIpc) is 3.18. The number of nitrogens with one attached hydrogen (secondary N) is 1. The number of rotatable bonds is 6. The van der Waals surface area contributed by atoms with Gasteiger partial charge in [-0.15, -0.1) is 0 Å². The molecule has 1 aliphatic carbocycles. The molecule has 30 heavy (non-hydrogen) atoms. The molecule has 0 saturated carbocycles. The summed E-state index contributed by atoms with van der Waals surface area (Å²) in [7, 11) is 0. The van der Waals surface area contributed by atoms with Gasteiger partial charge in [-0.2, -0.15) is 5.10 Å². The van der Waals surface area contributed by atoms with Crippen molar-refractivity contribution in [2.45, 2.75) is 25.7 Å². The predicted molar refractivity (Wildman–Crippen MR) is 116 cm³/mol. The molecule has 6 nitrogen and oxygen atoms in total. The van der Waals surface area contributed by atoms with E-state index in [4.69, 9.17) is 23.1 Å². The molecule has 1 aromatic heterocycles. The third-order valence-electron chi connectivity index (χ3n) is 4.81. The lowest BCUT2D eigenvalue weighted by Gasteiger charge is -2.25. The second-order valence-electron chi connectivity index (χ2n) is 6.81. The van der Waals surface area contributed by atoms with Gasteiger partial charge in [0, 0.05) is 17.0 Å². The summed E-state index contributed by atoms with van der Waals surface area (Å²) in [5.41, 5.74) is 13.2. The van der Waals surface area contributed by atoms with Gasteiger partial charge in [0.05, 0.1) is 17.5 Å². The normalized spacial score (nSPS) is 15.7. The lowest BCUT2D eigenvalue weighted by atomic mass is 9.80. The Hall–Kier alpha value is -3.19. The van der Waals surface area contributed by atoms with Crippen LogP contribution in [0.15, 0.2) is 65.9 Å². The zero-order chi connectivity index (χ0) is 22.3. The molecule has 1 aromatic carbocycles. The van der Waals surface area contributed by atoms with Gasteiger partial charge in [0.2, 0.25) is 5.91 Å². The number of nitrogens with zero attached hydrogens (tertiary/aromatic N) is 1. The molecule has 3 rings (SSSR count). The van der Waals surface area contributed by atoms with E-state index in [2.05, 4.69) is 23.4 Å². The van der Waals surface area contributed by atoms with Crippen molar-refractivity contribution in [1.82, 2.24) is 10.2 Å². The van der Waals surface area contributed by atoms with Crippen molar-refractivity contribution in [2.75, 3.05) is 0 Å². The van der Waals surface area contributed by atoms with Gasteiger partial charge in [-0.3, -0.25) is 14.7 Å². The Morgan fingerprint density at radius 1 is 1.33 bits per heavy atom. The molecule has 158 valence electrons. The van der Waals surface area contributed by atoms with E-state index in [0.717, 1.165) is 30.4 Å². The van der Waals surface area contributed by atoms with E-state index in [1.807, 2.05) is 0 Å². The highest BCUT2D eigenvalue weighted by molar-refractivity contribution is 6.31. The number of allylic oxidation sites excluding steroid dienone is 4. The number of H-pyrrole nitrogens is 1. The number of carbonyl (C=O) groups excluding carboxylic acids is 2. The van der Waals surface area contributed by atoms with Crippen molar-refractivity contribution < 1.29 is 14.0 Å². The number of benzene rings is 1. The summed E-state index contributed by atoms with van der Waals surface area (Å²) >= 11 is 5.92. The molecule has 0 radical (unpaired) electrons. The van der Waals surface area contributed by atoms with Crippen LogP contribution in [-0.4, -0.2) is 22.0 Å². The summed E-state index contributed by atoms with van der Waals surface area (Å²) < 4.78 is 13.4. The molecule has 8 heteroatoms. The minimum Gasteiger partial charge on any atom is -0.370 e. The van der Waals surface area contributed by atoms with E-state index in [1.54, 1.807) is 24.3 Å². The monoisotopic (exact) mass is 430 g/mol. The van der Waals surface area contributed by atoms with Crippen LogP contribution < -0.4 is 11.5 Å². The maximum Gasteiger partial charge on any atom is 0.252 e. The van der Waals surface area contributed by atoms with E-state index in [0.29, 0.717) is 17.1 Å². The Morgan fingerprint density at radius 3 is 2.60 bits per heavy atom. The molecule has 5 N–H and O–H groups in total. The van der Waals surface area contributed by atoms with Gasteiger partial charge in [0.1, 0.15) is 5.82 Å². The number of primary amides is 2. The smallest absolute Gasteiger partial charge is 0.252 e. The number of hydrogen-bond donors (Lipinski definition) is 3. The van der Waals surface area contributed by atoms with Crippen molar-refractivity contribution in [3.05, 3.63) is 77.3 Å². The third kappa shape index (κ3) is 5.67. The Bertz CT molecular complexity index is 997. The van der Waals surface area contributed by atoms with Crippen LogP contribution in [0.5, 0.6) is 0 Å². The summed E-state index contributed by atoms with van der Waals surface area (Å²) in [4.78, 5) is 21.9. The fraction of sp³-hybridized carbons (Fsp3) is 0.227. The Morgan fingerprint density at radius 2 is 2.03 bits per heavy atom. The quantitative estimate of drug-likeness (QED) is 0.637. The van der Waals surface area contributed by atoms with E-state index in [-0.39, 0.29) is 23.0 Å². The molecule has 0 bridgehead atoms. The topological polar surface area (TPSA) is 115 Å². The van der Waals surface area contributed by atoms with Crippen LogP contribution in [0.1, 0.15) is 36.0 Å². The van der Waals surface area contributed by atoms with E-state index < -0.39 is 11.7 Å². The zero-order valence-electron chi connectivity index (χ0n) is 16.5. The highest BCUT2D eigenvalue weighted by Gasteiger charge is 2.23. The van der Waals surface area contributed by atoms with Gasteiger partial charge in [-0.05, 0) is 48.5 Å². The number of nitrogens with two attached hydrogens (primary N) is 2. The number of hydrogen-bond acceptors (Lipinski definition) is 3. The molecule has 2 amide bonds. The predicted octanol–water partition coefficient (Wildman–Crippen LogP) is 4.21.